The minimum atomic E-state index is -1.82. The van der Waals surface area contributed by atoms with Crippen LogP contribution in [0.3, 0.4) is 0 Å². The lowest BCUT2D eigenvalue weighted by atomic mass is 9.86. The molecule has 2 bridgehead atoms. The topological polar surface area (TPSA) is 107 Å². The van der Waals surface area contributed by atoms with Crippen LogP contribution < -0.4 is 0 Å². The summed E-state index contributed by atoms with van der Waals surface area (Å²) in [5.41, 5.74) is 2.59. The normalized spacial score (nSPS) is 25.8. The molecule has 8 nitrogen and oxygen atoms in total. The second-order valence-electron chi connectivity index (χ2n) is 8.23. The van der Waals surface area contributed by atoms with Crippen molar-refractivity contribution < 1.29 is 29.3 Å². The van der Waals surface area contributed by atoms with E-state index >= 15 is 0 Å². The number of hydrogen-bond donors (Lipinski definition) is 2. The Morgan fingerprint density at radius 1 is 0.969 bits per heavy atom. The number of rotatable bonds is 2. The number of nitrogens with zero attached hydrogens (tertiary/aromatic N) is 2. The number of piperidine rings is 3. The van der Waals surface area contributed by atoms with Crippen molar-refractivity contribution in [1.29, 1.82) is 0 Å². The highest BCUT2D eigenvalue weighted by atomic mass is 32.1. The van der Waals surface area contributed by atoms with Crippen LogP contribution >= 0.6 is 11.3 Å². The Balaban J connectivity index is 0.000000363. The average Bonchev–Trinajstić information content (AvgIpc) is 3.34. The lowest BCUT2D eigenvalue weighted by Crippen LogP contribution is -2.53. The maximum Gasteiger partial charge on any atom is 0.414 e. The molecule has 4 aliphatic rings. The Morgan fingerprint density at radius 2 is 1.69 bits per heavy atom. The second-order valence-corrected chi connectivity index (χ2v) is 9.21. The number of benzene rings is 1. The predicted molar refractivity (Wildman–Crippen MR) is 118 cm³/mol. The van der Waals surface area contributed by atoms with E-state index in [-0.39, 0.29) is 18.2 Å². The molecule has 4 aliphatic heterocycles. The van der Waals surface area contributed by atoms with Crippen molar-refractivity contribution >= 4 is 29.4 Å². The molecule has 2 aromatic rings. The van der Waals surface area contributed by atoms with Crippen molar-refractivity contribution in [3.05, 3.63) is 57.8 Å². The third-order valence-electron chi connectivity index (χ3n) is 6.36. The molecule has 2 N–H and O–H groups in total. The minimum absolute atomic E-state index is 0.0199. The first-order valence-electron chi connectivity index (χ1n) is 10.7. The molecule has 6 rings (SSSR count). The second kappa shape index (κ2) is 9.70. The number of amides is 1. The van der Waals surface area contributed by atoms with E-state index in [4.69, 9.17) is 24.5 Å². The number of ether oxygens (including phenoxy) is 1. The van der Waals surface area contributed by atoms with Crippen LogP contribution in [-0.2, 0) is 20.7 Å². The summed E-state index contributed by atoms with van der Waals surface area (Å²) in [5.74, 6) is -3.11. The van der Waals surface area contributed by atoms with Gasteiger partial charge in [-0.3, -0.25) is 9.80 Å². The number of carboxylic acids is 2. The zero-order valence-corrected chi connectivity index (χ0v) is 18.4. The van der Waals surface area contributed by atoms with E-state index in [1.165, 1.54) is 16.0 Å². The fourth-order valence-electron chi connectivity index (χ4n) is 4.76. The van der Waals surface area contributed by atoms with Gasteiger partial charge < -0.3 is 14.9 Å². The van der Waals surface area contributed by atoms with E-state index in [0.717, 1.165) is 45.4 Å². The smallest absolute Gasteiger partial charge is 0.414 e. The van der Waals surface area contributed by atoms with Crippen LogP contribution in [0.4, 0.5) is 4.79 Å². The van der Waals surface area contributed by atoms with Gasteiger partial charge in [0.25, 0.3) is 0 Å². The number of hydrogen-bond acceptors (Lipinski definition) is 6. The van der Waals surface area contributed by atoms with E-state index in [2.05, 4.69) is 46.7 Å². The van der Waals surface area contributed by atoms with Gasteiger partial charge >= 0.3 is 18.0 Å². The number of carbonyl (C=O) groups is 3. The van der Waals surface area contributed by atoms with Gasteiger partial charge in [-0.25, -0.2) is 14.4 Å². The van der Waals surface area contributed by atoms with Crippen molar-refractivity contribution in [2.24, 2.45) is 5.92 Å². The quantitative estimate of drug-likeness (QED) is 0.666. The highest BCUT2D eigenvalue weighted by Gasteiger charge is 2.39. The van der Waals surface area contributed by atoms with E-state index < -0.39 is 11.9 Å². The molecular weight excluding hydrogens is 432 g/mol. The fourth-order valence-corrected chi connectivity index (χ4v) is 5.61. The number of thiophene rings is 1. The Labute approximate surface area is 190 Å². The summed E-state index contributed by atoms with van der Waals surface area (Å²) in [6, 6.07) is 12.7. The molecule has 1 amide bonds. The molecule has 2 unspecified atom stereocenters. The Kier molecular flexibility index (Phi) is 6.76. The van der Waals surface area contributed by atoms with Crippen LogP contribution in [0, 0.1) is 5.92 Å². The van der Waals surface area contributed by atoms with Crippen molar-refractivity contribution in [1.82, 2.24) is 9.80 Å². The summed E-state index contributed by atoms with van der Waals surface area (Å²) in [6.07, 6.45) is 3.14. The summed E-state index contributed by atoms with van der Waals surface area (Å²) < 4.78 is 6.06. The zero-order chi connectivity index (χ0) is 22.7. The van der Waals surface area contributed by atoms with Crippen molar-refractivity contribution in [3.8, 4) is 0 Å². The molecule has 0 radical (unpaired) electrons. The molecule has 0 saturated carbocycles. The lowest BCUT2D eigenvalue weighted by Gasteiger charge is -2.45. The summed E-state index contributed by atoms with van der Waals surface area (Å²) in [7, 11) is 0. The number of carbonyl (C=O) groups excluding carboxylic acids is 1. The molecule has 5 heterocycles. The predicted octanol–water partition coefficient (Wildman–Crippen LogP) is 3.08. The van der Waals surface area contributed by atoms with Gasteiger partial charge in [-0.1, -0.05) is 30.3 Å². The highest BCUT2D eigenvalue weighted by molar-refractivity contribution is 7.10. The molecule has 0 spiro atoms. The fraction of sp³-hybridized carbons (Fsp3) is 0.435. The zero-order valence-electron chi connectivity index (χ0n) is 17.6. The van der Waals surface area contributed by atoms with Gasteiger partial charge in [-0.2, -0.15) is 0 Å². The minimum Gasteiger partial charge on any atom is -0.473 e. The van der Waals surface area contributed by atoms with Crippen LogP contribution in [0.5, 0.6) is 0 Å². The van der Waals surface area contributed by atoms with Gasteiger partial charge in [0.05, 0.1) is 6.04 Å². The summed E-state index contributed by atoms with van der Waals surface area (Å²) in [4.78, 5) is 36.9. The Bertz CT molecular complexity index is 959. The van der Waals surface area contributed by atoms with E-state index in [9.17, 15) is 4.79 Å². The van der Waals surface area contributed by atoms with Gasteiger partial charge in [0.2, 0.25) is 0 Å². The first-order chi connectivity index (χ1) is 15.4. The molecule has 0 aliphatic carbocycles. The number of carboxylic acid groups (broad SMARTS) is 2. The van der Waals surface area contributed by atoms with Crippen LogP contribution in [0.2, 0.25) is 0 Å². The molecule has 3 saturated heterocycles. The maximum atomic E-state index is 13.1. The van der Waals surface area contributed by atoms with Crippen molar-refractivity contribution in [3.63, 3.8) is 0 Å². The standard InChI is InChI=1S/C21H24N2O2S.C2H2O4/c24-21(25-18-14-22-10-7-16(18)8-11-22)23-12-9-15-4-1-2-5-17(15)20(23)19-6-3-13-26-19;3-1(4)2(5)6/h1-6,13,16,18,20H,7-12,14H2;(H,3,4)(H,5,6). The number of aliphatic carboxylic acids is 2. The summed E-state index contributed by atoms with van der Waals surface area (Å²) in [6.45, 7) is 3.95. The Morgan fingerprint density at radius 3 is 2.28 bits per heavy atom. The van der Waals surface area contributed by atoms with Crippen LogP contribution in [0.25, 0.3) is 0 Å². The molecule has 32 heavy (non-hydrogen) atoms. The van der Waals surface area contributed by atoms with Gasteiger partial charge in [0.15, 0.2) is 0 Å². The highest BCUT2D eigenvalue weighted by Crippen LogP contribution is 2.38. The third kappa shape index (κ3) is 4.78. The van der Waals surface area contributed by atoms with Crippen molar-refractivity contribution in [2.45, 2.75) is 31.4 Å². The molecule has 9 heteroatoms. The SMILES string of the molecule is O=C(O)C(=O)O.O=C(OC1CN2CCC1CC2)N1CCc2ccccc2C1c1cccs1. The van der Waals surface area contributed by atoms with Crippen LogP contribution in [0.1, 0.15) is 34.9 Å². The third-order valence-corrected chi connectivity index (χ3v) is 7.29. The van der Waals surface area contributed by atoms with Gasteiger partial charge in [0, 0.05) is 18.0 Å². The first-order valence-corrected chi connectivity index (χ1v) is 11.6. The van der Waals surface area contributed by atoms with E-state index in [1.807, 2.05) is 4.90 Å². The van der Waals surface area contributed by atoms with Crippen molar-refractivity contribution in [2.75, 3.05) is 26.2 Å². The first kappa shape index (κ1) is 22.3. The molecule has 3 fully saturated rings. The molecule has 1 aromatic heterocycles. The molecule has 170 valence electrons. The van der Waals surface area contributed by atoms with Crippen LogP contribution in [0.15, 0.2) is 41.8 Å². The van der Waals surface area contributed by atoms with E-state index in [1.54, 1.807) is 11.3 Å². The lowest BCUT2D eigenvalue weighted by molar-refractivity contribution is -0.159. The number of fused-ring (bicyclic) bond motifs is 4. The average molecular weight is 459 g/mol. The monoisotopic (exact) mass is 458 g/mol. The van der Waals surface area contributed by atoms with Gasteiger partial charge in [-0.15, -0.1) is 11.3 Å². The molecular formula is C23H26N2O6S. The Hall–Kier alpha value is -2.91. The van der Waals surface area contributed by atoms with E-state index in [0.29, 0.717) is 5.92 Å². The maximum absolute atomic E-state index is 13.1. The summed E-state index contributed by atoms with van der Waals surface area (Å²) in [5, 5.41) is 16.9. The largest absolute Gasteiger partial charge is 0.473 e. The molecule has 1 aromatic carbocycles. The van der Waals surface area contributed by atoms with Gasteiger partial charge in [0.1, 0.15) is 6.10 Å². The van der Waals surface area contributed by atoms with Crippen LogP contribution in [-0.4, -0.2) is 70.3 Å². The summed E-state index contributed by atoms with van der Waals surface area (Å²) >= 11 is 1.71. The van der Waals surface area contributed by atoms with Gasteiger partial charge in [-0.05, 0) is 60.8 Å². The molecule has 2 atom stereocenters.